The van der Waals surface area contributed by atoms with Gasteiger partial charge in [0.1, 0.15) is 22.7 Å². The van der Waals surface area contributed by atoms with Gasteiger partial charge in [-0.3, -0.25) is 0 Å². The van der Waals surface area contributed by atoms with Crippen LogP contribution in [0.25, 0.3) is 4.72 Å². The van der Waals surface area contributed by atoms with Gasteiger partial charge in [0.25, 0.3) is 0 Å². The Balaban J connectivity index is 5.29. The monoisotopic (exact) mass is 438 g/mol. The van der Waals surface area contributed by atoms with E-state index >= 15 is 0 Å². The summed E-state index contributed by atoms with van der Waals surface area (Å²) in [6.07, 6.45) is -8.51. The predicted octanol–water partition coefficient (Wildman–Crippen LogP) is 0.661. The van der Waals surface area contributed by atoms with E-state index in [1.165, 1.54) is 14.1 Å². The summed E-state index contributed by atoms with van der Waals surface area (Å²) in [4.78, 5) is 0. The Labute approximate surface area is 151 Å². The Morgan fingerprint density at radius 1 is 1.00 bits per heavy atom. The molecule has 0 aromatic rings. The number of hydrogen-bond donors (Lipinski definition) is 3. The fraction of sp³-hybridized carbons (Fsp3) is 1.00. The van der Waals surface area contributed by atoms with Crippen molar-refractivity contribution in [2.24, 2.45) is 0 Å². The molecule has 2 atom stereocenters. The summed E-state index contributed by atoms with van der Waals surface area (Å²) in [5, 5.41) is 20.6. The molecular weight excluding hydrogens is 417 g/mol. The number of sulfonamides is 1. The number of quaternary nitrogens is 1. The minimum absolute atomic E-state index is 0.0797. The number of alkyl halides is 7. The fourth-order valence-electron chi connectivity index (χ4n) is 1.98. The molecule has 0 saturated carbocycles. The van der Waals surface area contributed by atoms with Crippen molar-refractivity contribution in [1.29, 1.82) is 0 Å². The highest BCUT2D eigenvalue weighted by molar-refractivity contribution is 7.95. The quantitative estimate of drug-likeness (QED) is 0.325. The van der Waals surface area contributed by atoms with E-state index in [9.17, 15) is 44.3 Å². The maximum atomic E-state index is 13.4. The second-order valence-electron chi connectivity index (χ2n) is 6.47. The molecule has 0 radical (unpaired) electrons. The van der Waals surface area contributed by atoms with E-state index in [1.807, 2.05) is 0 Å². The third kappa shape index (κ3) is 6.39. The number of hydrogen-bond acceptors (Lipinski definition) is 5. The molecule has 0 spiro atoms. The second-order valence-corrected chi connectivity index (χ2v) is 8.15. The molecule has 2 unspecified atom stereocenters. The van der Waals surface area contributed by atoms with Gasteiger partial charge >= 0.3 is 17.4 Å². The average Bonchev–Trinajstić information content (AvgIpc) is 2.49. The molecule has 0 aromatic heterocycles. The molecule has 0 heterocycles. The largest absolute Gasteiger partial charge is 0.539 e. The minimum Gasteiger partial charge on any atom is -0.539 e. The van der Waals surface area contributed by atoms with E-state index in [1.54, 1.807) is 0 Å². The van der Waals surface area contributed by atoms with Crippen LogP contribution in [-0.4, -0.2) is 98.1 Å². The van der Waals surface area contributed by atoms with Crippen molar-refractivity contribution in [3.8, 4) is 0 Å². The smallest absolute Gasteiger partial charge is 0.461 e. The van der Waals surface area contributed by atoms with Gasteiger partial charge in [0.2, 0.25) is 0 Å². The summed E-state index contributed by atoms with van der Waals surface area (Å²) in [6.45, 7) is -2.04. The number of halogens is 7. The van der Waals surface area contributed by atoms with Crippen LogP contribution in [0.1, 0.15) is 6.42 Å². The third-order valence-electron chi connectivity index (χ3n) is 3.53. The van der Waals surface area contributed by atoms with Gasteiger partial charge < -0.3 is 24.5 Å². The van der Waals surface area contributed by atoms with Gasteiger partial charge in [-0.1, -0.05) is 6.04 Å². The Hall–Kier alpha value is -0.740. The molecular formula is C12H21F7N2O5S. The third-order valence-corrected chi connectivity index (χ3v) is 5.01. The predicted molar refractivity (Wildman–Crippen MR) is 78.7 cm³/mol. The first-order valence-corrected chi connectivity index (χ1v) is 8.79. The van der Waals surface area contributed by atoms with Crippen molar-refractivity contribution in [2.75, 3.05) is 40.4 Å². The van der Waals surface area contributed by atoms with Crippen LogP contribution >= 0.6 is 0 Å². The van der Waals surface area contributed by atoms with Gasteiger partial charge in [0.15, 0.2) is 0 Å². The van der Waals surface area contributed by atoms with Crippen molar-refractivity contribution >= 4 is 10.0 Å². The first-order valence-electron chi connectivity index (χ1n) is 7.35. The fourth-order valence-corrected chi connectivity index (χ4v) is 3.12. The molecule has 0 saturated heterocycles. The van der Waals surface area contributed by atoms with E-state index in [2.05, 4.69) is 4.72 Å². The zero-order valence-corrected chi connectivity index (χ0v) is 15.1. The molecule has 7 nitrogen and oxygen atoms in total. The van der Waals surface area contributed by atoms with Gasteiger partial charge in [0.05, 0.1) is 27.2 Å². The highest BCUT2D eigenvalue weighted by Gasteiger charge is 2.76. The van der Waals surface area contributed by atoms with Gasteiger partial charge in [-0.05, 0) is 6.42 Å². The van der Waals surface area contributed by atoms with Gasteiger partial charge in [-0.25, -0.2) is 8.42 Å². The van der Waals surface area contributed by atoms with Crippen LogP contribution in [0.15, 0.2) is 0 Å². The summed E-state index contributed by atoms with van der Waals surface area (Å²) in [6, 6.07) is -1.91. The Morgan fingerprint density at radius 3 is 1.85 bits per heavy atom. The van der Waals surface area contributed by atoms with Crippen molar-refractivity contribution in [1.82, 2.24) is 0 Å². The lowest BCUT2D eigenvalue weighted by atomic mass is 10.2. The molecule has 0 aliphatic rings. The lowest BCUT2D eigenvalue weighted by Gasteiger charge is -2.38. The zero-order valence-electron chi connectivity index (χ0n) is 14.3. The van der Waals surface area contributed by atoms with Gasteiger partial charge in [-0.15, -0.1) is 0 Å². The summed E-state index contributed by atoms with van der Waals surface area (Å²) >= 11 is 0. The molecule has 0 aromatic carbocycles. The molecule has 15 heteroatoms. The molecule has 0 rings (SSSR count). The van der Waals surface area contributed by atoms with Crippen LogP contribution in [-0.2, 0) is 10.0 Å². The second kappa shape index (κ2) is 8.73. The number of nitrogens with zero attached hydrogens (tertiary/aromatic N) is 2. The maximum absolute atomic E-state index is 13.4. The number of rotatable bonds is 11. The maximum Gasteiger partial charge on any atom is 0.461 e. The minimum atomic E-state index is -6.89. The topological polar surface area (TPSA) is 109 Å². The zero-order chi connectivity index (χ0) is 21.9. The summed E-state index contributed by atoms with van der Waals surface area (Å²) in [7, 11) is -3.71. The number of aliphatic hydroxyl groups is 3. The van der Waals surface area contributed by atoms with Crippen LogP contribution in [0, 0.1) is 0 Å². The van der Waals surface area contributed by atoms with Crippen LogP contribution < -0.4 is 0 Å². The molecule has 0 aliphatic heterocycles. The van der Waals surface area contributed by atoms with E-state index in [0.717, 1.165) is 0 Å². The molecule has 0 amide bonds. The highest BCUT2D eigenvalue weighted by atomic mass is 32.2. The first kappa shape index (κ1) is 26.3. The Bertz CT molecular complexity index is 583. The highest BCUT2D eigenvalue weighted by Crippen LogP contribution is 2.50. The van der Waals surface area contributed by atoms with Crippen molar-refractivity contribution < 1.29 is 59.0 Å². The molecule has 0 bridgehead atoms. The standard InChI is InChI=1S/C12H21F7N2O5S/c1-21(2,5-9(24)7-23)4-3-8(6-22)20-27(25,26)12(18,19)10(13,14)11(15,16)17/h8-9,22-24H,3-7H2,1-2H3. The van der Waals surface area contributed by atoms with Gasteiger partial charge in [0, 0.05) is 6.61 Å². The molecule has 164 valence electrons. The number of aliphatic hydroxyl groups excluding tert-OH is 3. The van der Waals surface area contributed by atoms with Gasteiger partial charge in [-0.2, -0.15) is 30.7 Å². The lowest BCUT2D eigenvalue weighted by molar-refractivity contribution is -0.893. The van der Waals surface area contributed by atoms with E-state index in [-0.39, 0.29) is 17.6 Å². The molecule has 27 heavy (non-hydrogen) atoms. The normalized spacial score (nSPS) is 17.0. The summed E-state index contributed by atoms with van der Waals surface area (Å²) < 4.78 is 114. The molecule has 3 N–H and O–H groups in total. The lowest BCUT2D eigenvalue weighted by Crippen LogP contribution is -2.56. The summed E-state index contributed by atoms with van der Waals surface area (Å²) in [5.41, 5.74) is 0. The van der Waals surface area contributed by atoms with Crippen LogP contribution in [0.4, 0.5) is 30.7 Å². The van der Waals surface area contributed by atoms with E-state index in [4.69, 9.17) is 10.2 Å². The van der Waals surface area contributed by atoms with Crippen molar-refractivity contribution in [3.63, 3.8) is 0 Å². The first-order chi connectivity index (χ1) is 11.8. The molecule has 0 fully saturated rings. The molecule has 0 aliphatic carbocycles. The Morgan fingerprint density at radius 2 is 1.48 bits per heavy atom. The van der Waals surface area contributed by atoms with E-state index in [0.29, 0.717) is 0 Å². The SMILES string of the molecule is C[N+](C)(CCC(CO)[N-]S(=O)(=O)C(F)(F)C(F)(F)C(F)(F)F)CC(O)CO. The van der Waals surface area contributed by atoms with Crippen LogP contribution in [0.5, 0.6) is 0 Å². The average molecular weight is 438 g/mol. The van der Waals surface area contributed by atoms with Crippen molar-refractivity contribution in [2.45, 2.75) is 35.9 Å². The Kier molecular flexibility index (Phi) is 8.49. The van der Waals surface area contributed by atoms with Crippen molar-refractivity contribution in [3.05, 3.63) is 4.72 Å². The van der Waals surface area contributed by atoms with E-state index < -0.39 is 59.2 Å². The van der Waals surface area contributed by atoms with Crippen LogP contribution in [0.2, 0.25) is 0 Å². The summed E-state index contributed by atoms with van der Waals surface area (Å²) in [5.74, 6) is -6.89. The number of likely N-dealkylation sites (N-methyl/N-ethyl adjacent to an activating group) is 1. The van der Waals surface area contributed by atoms with Crippen LogP contribution in [0.3, 0.4) is 0 Å².